The Morgan fingerprint density at radius 2 is 2.23 bits per heavy atom. The first kappa shape index (κ1) is 14.6. The Labute approximate surface area is 130 Å². The summed E-state index contributed by atoms with van der Waals surface area (Å²) in [5.74, 6) is 0.513. The zero-order chi connectivity index (χ0) is 15.4. The summed E-state index contributed by atoms with van der Waals surface area (Å²) < 4.78 is 7.56. The van der Waals surface area contributed by atoms with Crippen LogP contribution in [0.2, 0.25) is 0 Å². The Hall–Kier alpha value is -2.30. The van der Waals surface area contributed by atoms with E-state index >= 15 is 0 Å². The largest absolute Gasteiger partial charge is 0.493 e. The van der Waals surface area contributed by atoms with Gasteiger partial charge in [-0.05, 0) is 38.3 Å². The maximum Gasteiger partial charge on any atom is 0.255 e. The van der Waals surface area contributed by atoms with Crippen molar-refractivity contribution in [1.29, 1.82) is 0 Å². The van der Waals surface area contributed by atoms with Gasteiger partial charge >= 0.3 is 0 Å². The SMILES string of the molecule is CCOc1ccccc1C(=O)NCc1cnn2c1CCCC2. The van der Waals surface area contributed by atoms with Gasteiger partial charge in [-0.15, -0.1) is 0 Å². The predicted octanol–water partition coefficient (Wildman–Crippen LogP) is 2.55. The number of fused-ring (bicyclic) bond motifs is 1. The highest BCUT2D eigenvalue weighted by Crippen LogP contribution is 2.20. The molecule has 2 heterocycles. The number of carbonyl (C=O) groups excluding carboxylic acids is 1. The molecule has 5 heteroatoms. The Bertz CT molecular complexity index is 664. The third-order valence-corrected chi connectivity index (χ3v) is 3.94. The van der Waals surface area contributed by atoms with E-state index in [9.17, 15) is 4.79 Å². The summed E-state index contributed by atoms with van der Waals surface area (Å²) >= 11 is 0. The van der Waals surface area contributed by atoms with E-state index in [-0.39, 0.29) is 5.91 Å². The highest BCUT2D eigenvalue weighted by Gasteiger charge is 2.16. The van der Waals surface area contributed by atoms with Gasteiger partial charge in [0.2, 0.25) is 0 Å². The average molecular weight is 299 g/mol. The van der Waals surface area contributed by atoms with Gasteiger partial charge < -0.3 is 10.1 Å². The lowest BCUT2D eigenvalue weighted by molar-refractivity contribution is 0.0947. The Morgan fingerprint density at radius 3 is 3.09 bits per heavy atom. The minimum absolute atomic E-state index is 0.111. The molecule has 22 heavy (non-hydrogen) atoms. The zero-order valence-electron chi connectivity index (χ0n) is 12.8. The number of nitrogens with one attached hydrogen (secondary N) is 1. The van der Waals surface area contributed by atoms with Crippen molar-refractivity contribution in [2.75, 3.05) is 6.61 Å². The third kappa shape index (κ3) is 2.98. The van der Waals surface area contributed by atoms with Crippen molar-refractivity contribution in [1.82, 2.24) is 15.1 Å². The monoisotopic (exact) mass is 299 g/mol. The van der Waals surface area contributed by atoms with Crippen molar-refractivity contribution in [3.63, 3.8) is 0 Å². The minimum atomic E-state index is -0.111. The van der Waals surface area contributed by atoms with E-state index in [1.807, 2.05) is 31.3 Å². The molecule has 0 radical (unpaired) electrons. The fraction of sp³-hybridized carbons (Fsp3) is 0.412. The van der Waals surface area contributed by atoms with E-state index in [4.69, 9.17) is 4.74 Å². The van der Waals surface area contributed by atoms with Gasteiger partial charge in [0.05, 0.1) is 18.4 Å². The number of aryl methyl sites for hydroxylation is 1. The number of carbonyl (C=O) groups is 1. The molecule has 1 amide bonds. The van der Waals surface area contributed by atoms with Crippen LogP contribution in [0.3, 0.4) is 0 Å². The van der Waals surface area contributed by atoms with E-state index in [1.165, 1.54) is 18.5 Å². The molecule has 0 spiro atoms. The molecule has 1 aliphatic heterocycles. The van der Waals surface area contributed by atoms with Gasteiger partial charge in [-0.25, -0.2) is 0 Å². The topological polar surface area (TPSA) is 56.1 Å². The van der Waals surface area contributed by atoms with Crippen LogP contribution in [0, 0.1) is 0 Å². The first-order valence-corrected chi connectivity index (χ1v) is 7.83. The van der Waals surface area contributed by atoms with Crippen molar-refractivity contribution in [2.24, 2.45) is 0 Å². The molecule has 116 valence electrons. The maximum absolute atomic E-state index is 12.4. The summed E-state index contributed by atoms with van der Waals surface area (Å²) in [6.07, 6.45) is 5.29. The van der Waals surface area contributed by atoms with Crippen molar-refractivity contribution < 1.29 is 9.53 Å². The molecule has 0 unspecified atom stereocenters. The van der Waals surface area contributed by atoms with E-state index < -0.39 is 0 Å². The lowest BCUT2D eigenvalue weighted by Crippen LogP contribution is -2.24. The summed E-state index contributed by atoms with van der Waals surface area (Å²) in [7, 11) is 0. The molecule has 0 aliphatic carbocycles. The van der Waals surface area contributed by atoms with Gasteiger partial charge in [0.1, 0.15) is 5.75 Å². The number of ether oxygens (including phenoxy) is 1. The molecule has 1 N–H and O–H groups in total. The van der Waals surface area contributed by atoms with Crippen LogP contribution in [-0.4, -0.2) is 22.3 Å². The molecule has 0 saturated carbocycles. The number of para-hydroxylation sites is 1. The van der Waals surface area contributed by atoms with Gasteiger partial charge in [0, 0.05) is 24.3 Å². The van der Waals surface area contributed by atoms with E-state index in [0.29, 0.717) is 24.5 Å². The van der Waals surface area contributed by atoms with Gasteiger partial charge in [0.25, 0.3) is 5.91 Å². The fourth-order valence-electron chi connectivity index (χ4n) is 2.84. The number of hydrogen-bond acceptors (Lipinski definition) is 3. The van der Waals surface area contributed by atoms with Gasteiger partial charge in [-0.3, -0.25) is 9.48 Å². The highest BCUT2D eigenvalue weighted by atomic mass is 16.5. The molecule has 3 rings (SSSR count). The second-order valence-electron chi connectivity index (χ2n) is 5.41. The van der Waals surface area contributed by atoms with Crippen LogP contribution in [0.5, 0.6) is 5.75 Å². The molecule has 1 aromatic carbocycles. The number of benzene rings is 1. The number of amides is 1. The summed E-state index contributed by atoms with van der Waals surface area (Å²) in [6, 6.07) is 7.32. The van der Waals surface area contributed by atoms with Crippen molar-refractivity contribution in [3.05, 3.63) is 47.3 Å². The zero-order valence-corrected chi connectivity index (χ0v) is 12.8. The van der Waals surface area contributed by atoms with Crippen LogP contribution >= 0.6 is 0 Å². The molecular formula is C17H21N3O2. The number of rotatable bonds is 5. The molecular weight excluding hydrogens is 278 g/mol. The van der Waals surface area contributed by atoms with Gasteiger partial charge in [0.15, 0.2) is 0 Å². The quantitative estimate of drug-likeness (QED) is 0.923. The third-order valence-electron chi connectivity index (χ3n) is 3.94. The molecule has 5 nitrogen and oxygen atoms in total. The Morgan fingerprint density at radius 1 is 1.36 bits per heavy atom. The van der Waals surface area contributed by atoms with Crippen molar-refractivity contribution >= 4 is 5.91 Å². The number of hydrogen-bond donors (Lipinski definition) is 1. The van der Waals surface area contributed by atoms with Crippen molar-refractivity contribution in [2.45, 2.75) is 39.3 Å². The number of nitrogens with zero attached hydrogens (tertiary/aromatic N) is 2. The van der Waals surface area contributed by atoms with Gasteiger partial charge in [-0.1, -0.05) is 12.1 Å². The second kappa shape index (κ2) is 6.64. The summed E-state index contributed by atoms with van der Waals surface area (Å²) in [5.41, 5.74) is 2.94. The molecule has 1 aliphatic rings. The van der Waals surface area contributed by atoms with Crippen LogP contribution in [0.1, 0.15) is 41.4 Å². The Kier molecular flexibility index (Phi) is 4.42. The first-order chi connectivity index (χ1) is 10.8. The normalized spacial score (nSPS) is 13.5. The molecule has 0 atom stereocenters. The molecule has 2 aromatic rings. The molecule has 0 bridgehead atoms. The lowest BCUT2D eigenvalue weighted by Gasteiger charge is -2.15. The summed E-state index contributed by atoms with van der Waals surface area (Å²) in [6.45, 7) is 3.94. The predicted molar refractivity (Wildman–Crippen MR) is 83.9 cm³/mol. The lowest BCUT2D eigenvalue weighted by atomic mass is 10.1. The average Bonchev–Trinajstić information content (AvgIpc) is 2.97. The van der Waals surface area contributed by atoms with Crippen LogP contribution in [0.4, 0.5) is 0 Å². The minimum Gasteiger partial charge on any atom is -0.493 e. The van der Waals surface area contributed by atoms with Crippen LogP contribution < -0.4 is 10.1 Å². The van der Waals surface area contributed by atoms with E-state index in [0.717, 1.165) is 18.5 Å². The van der Waals surface area contributed by atoms with Crippen LogP contribution in [0.25, 0.3) is 0 Å². The van der Waals surface area contributed by atoms with Crippen LogP contribution in [0.15, 0.2) is 30.5 Å². The maximum atomic E-state index is 12.4. The highest BCUT2D eigenvalue weighted by molar-refractivity contribution is 5.96. The van der Waals surface area contributed by atoms with Crippen LogP contribution in [-0.2, 0) is 19.5 Å². The van der Waals surface area contributed by atoms with E-state index in [2.05, 4.69) is 15.1 Å². The summed E-state index contributed by atoms with van der Waals surface area (Å²) in [4.78, 5) is 12.4. The number of aromatic nitrogens is 2. The summed E-state index contributed by atoms with van der Waals surface area (Å²) in [5, 5.41) is 7.37. The van der Waals surface area contributed by atoms with Gasteiger partial charge in [-0.2, -0.15) is 5.10 Å². The molecule has 1 aromatic heterocycles. The molecule has 0 fully saturated rings. The van der Waals surface area contributed by atoms with Crippen molar-refractivity contribution in [3.8, 4) is 5.75 Å². The Balaban J connectivity index is 1.69. The fourth-order valence-corrected chi connectivity index (χ4v) is 2.84. The first-order valence-electron chi connectivity index (χ1n) is 7.83. The standard InChI is InChI=1S/C17H21N3O2/c1-2-22-16-9-4-3-7-14(16)17(21)18-11-13-12-19-20-10-6-5-8-15(13)20/h3-4,7,9,12H,2,5-6,8,10-11H2,1H3,(H,18,21). The molecule has 0 saturated heterocycles. The second-order valence-corrected chi connectivity index (χ2v) is 5.41. The smallest absolute Gasteiger partial charge is 0.255 e. The van der Waals surface area contributed by atoms with E-state index in [1.54, 1.807) is 6.07 Å².